The molecule has 5 aromatic carbocycles. The maximum absolute atomic E-state index is 11.2. The van der Waals surface area contributed by atoms with Crippen LogP contribution in [0, 0.1) is 0 Å². The Morgan fingerprint density at radius 1 is 0.492 bits per heavy atom. The number of hydrogen-bond donors (Lipinski definition) is 0. The van der Waals surface area contributed by atoms with E-state index in [1.54, 1.807) is 108 Å². The largest absolute Gasteiger partial charge is 0.497 e. The maximum Gasteiger partial charge on any atom is 0.161 e. The highest BCUT2D eigenvalue weighted by Crippen LogP contribution is 2.27. The highest BCUT2D eigenvalue weighted by atomic mass is 16.5. The Morgan fingerprint density at radius 2 is 1.03 bits per heavy atom. The average molecular weight is 807 g/mol. The summed E-state index contributed by atoms with van der Waals surface area (Å²) < 4.78 is 25.3. The fraction of sp³-hybridized carbons (Fsp3) is 0.286. The number of rotatable bonds is 15. The molecule has 0 bridgehead atoms. The summed E-state index contributed by atoms with van der Waals surface area (Å²) in [6.45, 7) is 10.5. The minimum absolute atomic E-state index is 0.157. The molecule has 0 aliphatic heterocycles. The summed E-state index contributed by atoms with van der Waals surface area (Å²) >= 11 is 0. The van der Waals surface area contributed by atoms with Crippen molar-refractivity contribution in [3.05, 3.63) is 148 Å². The molecule has 0 spiro atoms. The smallest absolute Gasteiger partial charge is 0.161 e. The Balaban J connectivity index is 0.000000371. The van der Waals surface area contributed by atoms with Crippen molar-refractivity contribution in [2.45, 2.75) is 60.3 Å². The van der Waals surface area contributed by atoms with E-state index in [0.717, 1.165) is 73.5 Å². The van der Waals surface area contributed by atoms with Crippen LogP contribution < -0.4 is 23.7 Å². The summed E-state index contributed by atoms with van der Waals surface area (Å²) in [4.78, 5) is 52.5. The van der Waals surface area contributed by atoms with Crippen LogP contribution in [0.1, 0.15) is 110 Å². The molecule has 0 heterocycles. The van der Waals surface area contributed by atoms with E-state index < -0.39 is 0 Å². The summed E-state index contributed by atoms with van der Waals surface area (Å²) in [5.74, 6) is 3.74. The fourth-order valence-electron chi connectivity index (χ4n) is 5.27. The van der Waals surface area contributed by atoms with Crippen molar-refractivity contribution in [2.24, 2.45) is 0 Å². The number of aryl methyl sites for hydroxylation is 3. The lowest BCUT2D eigenvalue weighted by molar-refractivity contribution is 0.101. The molecular weight excluding hydrogens is 749 g/mol. The number of ether oxygens (including phenoxy) is 5. The Morgan fingerprint density at radius 3 is 1.53 bits per heavy atom. The maximum atomic E-state index is 11.2. The van der Waals surface area contributed by atoms with Gasteiger partial charge in [-0.15, -0.1) is 0 Å². The SMILES string of the molecule is CCCc1cc(C(C)=O)ccc1CC.CCOc1ccc(C=O)cc1OC.CCc1cc(C=O)ccc1OC.COc1ccc(C=O)cc1.COc1cccc(C=O)c1. The van der Waals surface area contributed by atoms with Gasteiger partial charge in [-0.3, -0.25) is 24.0 Å². The Hall–Kier alpha value is -6.55. The fourth-order valence-corrected chi connectivity index (χ4v) is 5.27. The van der Waals surface area contributed by atoms with Gasteiger partial charge in [-0.25, -0.2) is 0 Å². The first kappa shape index (κ1) is 50.5. The Kier molecular flexibility index (Phi) is 25.4. The number of carbonyl (C=O) groups is 5. The summed E-state index contributed by atoms with van der Waals surface area (Å²) in [6.07, 6.45) is 7.36. The molecule has 0 unspecified atom stereocenters. The number of benzene rings is 5. The lowest BCUT2D eigenvalue weighted by Gasteiger charge is -2.08. The van der Waals surface area contributed by atoms with Crippen LogP contribution in [-0.2, 0) is 19.3 Å². The zero-order chi connectivity index (χ0) is 44.0. The topological polar surface area (TPSA) is 132 Å². The van der Waals surface area contributed by atoms with Crippen molar-refractivity contribution in [3.63, 3.8) is 0 Å². The van der Waals surface area contributed by atoms with Gasteiger partial charge in [0.15, 0.2) is 17.3 Å². The molecule has 0 atom stereocenters. The molecule has 0 aromatic heterocycles. The normalized spacial score (nSPS) is 9.44. The van der Waals surface area contributed by atoms with Crippen LogP contribution in [0.15, 0.2) is 103 Å². The highest BCUT2D eigenvalue weighted by molar-refractivity contribution is 5.94. The van der Waals surface area contributed by atoms with Gasteiger partial charge in [0.2, 0.25) is 0 Å². The molecule has 5 rings (SSSR count). The summed E-state index contributed by atoms with van der Waals surface area (Å²) in [7, 11) is 6.35. The van der Waals surface area contributed by atoms with Crippen LogP contribution in [-0.4, -0.2) is 66.0 Å². The third-order valence-electron chi connectivity index (χ3n) is 8.44. The molecule has 0 saturated carbocycles. The standard InChI is InChI=1S/C13H18O.C10H12O3.C10H12O2.2C8H8O2/c1-4-6-13-9-12(10(3)14)8-7-11(13)5-2;1-3-13-9-5-4-8(7-11)6-10(9)12-2;1-3-9-6-8(7-11)4-5-10(9)12-2;1-10-8-4-2-7(6-9)3-5-8;1-10-8-4-2-3-7(5-8)6-9/h7-9H,4-6H2,1-3H3;4-7H,3H2,1-2H3;4-7H,3H2,1-2H3;2*2-6H,1H3. The van der Waals surface area contributed by atoms with Gasteiger partial charge in [-0.2, -0.15) is 0 Å². The van der Waals surface area contributed by atoms with Crippen molar-refractivity contribution >= 4 is 30.9 Å². The number of aldehydes is 4. The van der Waals surface area contributed by atoms with E-state index in [2.05, 4.69) is 19.9 Å². The minimum atomic E-state index is 0.157. The molecule has 10 nitrogen and oxygen atoms in total. The van der Waals surface area contributed by atoms with Gasteiger partial charge in [0.1, 0.15) is 42.4 Å². The molecule has 0 aliphatic carbocycles. The van der Waals surface area contributed by atoms with Crippen LogP contribution >= 0.6 is 0 Å². The summed E-state index contributed by atoms with van der Waals surface area (Å²) in [6, 6.07) is 30.5. The zero-order valence-corrected chi connectivity index (χ0v) is 35.7. The van der Waals surface area contributed by atoms with Gasteiger partial charge < -0.3 is 23.7 Å². The predicted molar refractivity (Wildman–Crippen MR) is 234 cm³/mol. The van der Waals surface area contributed by atoms with E-state index in [1.165, 1.54) is 11.1 Å². The van der Waals surface area contributed by atoms with E-state index in [0.29, 0.717) is 46.1 Å². The van der Waals surface area contributed by atoms with E-state index in [1.807, 2.05) is 38.1 Å². The molecule has 0 fully saturated rings. The van der Waals surface area contributed by atoms with Gasteiger partial charge in [0.25, 0.3) is 0 Å². The van der Waals surface area contributed by atoms with Crippen LogP contribution in [0.4, 0.5) is 0 Å². The van der Waals surface area contributed by atoms with E-state index >= 15 is 0 Å². The number of hydrogen-bond acceptors (Lipinski definition) is 10. The van der Waals surface area contributed by atoms with Crippen LogP contribution in [0.5, 0.6) is 28.7 Å². The summed E-state index contributed by atoms with van der Waals surface area (Å²) in [5.41, 5.74) is 7.21. The van der Waals surface area contributed by atoms with Crippen LogP contribution in [0.25, 0.3) is 0 Å². The number of ketones is 1. The number of carbonyl (C=O) groups excluding carboxylic acids is 5. The van der Waals surface area contributed by atoms with Gasteiger partial charge in [0.05, 0.1) is 35.0 Å². The Labute approximate surface area is 349 Å². The molecule has 10 heteroatoms. The van der Waals surface area contributed by atoms with Gasteiger partial charge >= 0.3 is 0 Å². The first-order valence-corrected chi connectivity index (χ1v) is 19.2. The molecule has 0 N–H and O–H groups in total. The molecule has 0 aliphatic rings. The number of methoxy groups -OCH3 is 4. The lowest BCUT2D eigenvalue weighted by Crippen LogP contribution is -1.98. The van der Waals surface area contributed by atoms with Crippen molar-refractivity contribution in [1.29, 1.82) is 0 Å². The monoisotopic (exact) mass is 806 g/mol. The second-order valence-corrected chi connectivity index (χ2v) is 12.4. The predicted octanol–water partition coefficient (Wildman–Crippen LogP) is 10.4. The molecular formula is C49H58O10. The van der Waals surface area contributed by atoms with Gasteiger partial charge in [-0.05, 0) is 129 Å². The van der Waals surface area contributed by atoms with E-state index in [9.17, 15) is 24.0 Å². The van der Waals surface area contributed by atoms with E-state index in [-0.39, 0.29) is 5.78 Å². The summed E-state index contributed by atoms with van der Waals surface area (Å²) in [5, 5.41) is 0. The molecule has 314 valence electrons. The second kappa shape index (κ2) is 29.7. The van der Waals surface area contributed by atoms with Crippen LogP contribution in [0.2, 0.25) is 0 Å². The van der Waals surface area contributed by atoms with Crippen LogP contribution in [0.3, 0.4) is 0 Å². The second-order valence-electron chi connectivity index (χ2n) is 12.4. The molecule has 0 saturated heterocycles. The molecule has 0 radical (unpaired) electrons. The molecule has 59 heavy (non-hydrogen) atoms. The third kappa shape index (κ3) is 18.5. The first-order valence-electron chi connectivity index (χ1n) is 19.2. The number of Topliss-reactive ketones (excluding diaryl/α,β-unsaturated/α-hetero) is 1. The van der Waals surface area contributed by atoms with Crippen molar-refractivity contribution < 1.29 is 47.7 Å². The van der Waals surface area contributed by atoms with Crippen molar-refractivity contribution in [2.75, 3.05) is 35.0 Å². The van der Waals surface area contributed by atoms with Gasteiger partial charge in [0, 0.05) is 27.8 Å². The van der Waals surface area contributed by atoms with E-state index in [4.69, 9.17) is 23.7 Å². The Bertz CT molecular complexity index is 2020. The first-order chi connectivity index (χ1) is 28.5. The zero-order valence-electron chi connectivity index (χ0n) is 35.7. The third-order valence-corrected chi connectivity index (χ3v) is 8.44. The van der Waals surface area contributed by atoms with Crippen molar-refractivity contribution in [1.82, 2.24) is 0 Å². The van der Waals surface area contributed by atoms with Gasteiger partial charge in [-0.1, -0.05) is 51.5 Å². The van der Waals surface area contributed by atoms with Crippen molar-refractivity contribution in [3.8, 4) is 28.7 Å². The minimum Gasteiger partial charge on any atom is -0.497 e. The highest BCUT2D eigenvalue weighted by Gasteiger charge is 2.06. The molecule has 0 amide bonds. The average Bonchev–Trinajstić information content (AvgIpc) is 3.29. The quantitative estimate of drug-likeness (QED) is 0.0744. The lowest BCUT2D eigenvalue weighted by atomic mass is 9.97. The molecule has 5 aromatic rings.